The van der Waals surface area contributed by atoms with Crippen LogP contribution in [0.25, 0.3) is 0 Å². The van der Waals surface area contributed by atoms with Crippen LogP contribution in [-0.4, -0.2) is 35.8 Å². The van der Waals surface area contributed by atoms with Gasteiger partial charge in [0, 0.05) is 24.2 Å². The van der Waals surface area contributed by atoms with Crippen molar-refractivity contribution in [3.63, 3.8) is 0 Å². The highest BCUT2D eigenvalue weighted by Crippen LogP contribution is 2.47. The van der Waals surface area contributed by atoms with Crippen molar-refractivity contribution in [3.8, 4) is 11.5 Å². The third-order valence-corrected chi connectivity index (χ3v) is 6.49. The Balaban J connectivity index is 1.55. The highest BCUT2D eigenvalue weighted by Gasteiger charge is 2.48. The summed E-state index contributed by atoms with van der Waals surface area (Å²) in [5.41, 5.74) is 2.68. The van der Waals surface area contributed by atoms with Gasteiger partial charge < -0.3 is 14.6 Å². The minimum atomic E-state index is -0.730. The normalized spacial score (nSPS) is 26.3. The molecule has 2 aromatic carbocycles. The van der Waals surface area contributed by atoms with E-state index in [-0.39, 0.29) is 0 Å². The van der Waals surface area contributed by atoms with Crippen molar-refractivity contribution in [2.24, 2.45) is 0 Å². The van der Waals surface area contributed by atoms with Gasteiger partial charge >= 0.3 is 0 Å². The van der Waals surface area contributed by atoms with Gasteiger partial charge in [-0.1, -0.05) is 54.6 Å². The molecule has 2 aromatic rings. The van der Waals surface area contributed by atoms with Crippen molar-refractivity contribution in [3.05, 3.63) is 71.8 Å². The molecule has 2 atom stereocenters. The number of hydrogen-bond donors (Lipinski definition) is 1. The van der Waals surface area contributed by atoms with Crippen LogP contribution in [0, 0.1) is 6.92 Å². The molecular weight excluding hydrogens is 362 g/mol. The van der Waals surface area contributed by atoms with Crippen molar-refractivity contribution in [2.45, 2.75) is 56.8 Å². The Morgan fingerprint density at radius 3 is 2.45 bits per heavy atom. The van der Waals surface area contributed by atoms with E-state index in [1.165, 1.54) is 5.56 Å². The number of para-hydroxylation sites is 1. The molecule has 2 bridgehead atoms. The molecule has 0 aromatic heterocycles. The average molecular weight is 394 g/mol. The quantitative estimate of drug-likeness (QED) is 0.699. The third-order valence-electron chi connectivity index (χ3n) is 6.49. The molecule has 4 nitrogen and oxygen atoms in total. The first-order valence-corrected chi connectivity index (χ1v) is 10.5. The number of methoxy groups -OCH3 is 1. The second kappa shape index (κ2) is 8.21. The zero-order valence-corrected chi connectivity index (χ0v) is 17.4. The lowest BCUT2D eigenvalue weighted by atomic mass is 9.80. The van der Waals surface area contributed by atoms with Crippen molar-refractivity contribution < 1.29 is 14.6 Å². The number of aliphatic hydroxyl groups is 1. The number of benzene rings is 2. The van der Waals surface area contributed by atoms with Crippen LogP contribution >= 0.6 is 0 Å². The molecule has 1 N–H and O–H groups in total. The molecule has 0 amide bonds. The molecule has 4 rings (SSSR count). The standard InChI is InChI=1S/C25H31NO3/c1-4-14-29-24-19(6-5-7-23(24)28-3)17-26-21-12-13-22(26)16-25(27,15-21)20-10-8-18(2)9-11-20/h4-11,21-22,27H,1,12-17H2,2-3H3/t21-,22-/m1/s1. The van der Waals surface area contributed by atoms with Gasteiger partial charge in [0.15, 0.2) is 11.5 Å². The SMILES string of the molecule is C=CCOc1c(CN2[C@@H]3CC[C@@H]2CC(O)(c2ccc(C)cc2)C3)cccc1OC. The Morgan fingerprint density at radius 1 is 1.14 bits per heavy atom. The first-order chi connectivity index (χ1) is 14.0. The summed E-state index contributed by atoms with van der Waals surface area (Å²) in [5, 5.41) is 11.5. The molecule has 0 radical (unpaired) electrons. The Bertz CT molecular complexity index is 847. The predicted molar refractivity (Wildman–Crippen MR) is 115 cm³/mol. The van der Waals surface area contributed by atoms with Gasteiger partial charge in [-0.3, -0.25) is 4.90 Å². The lowest BCUT2D eigenvalue weighted by Crippen LogP contribution is -2.49. The molecule has 2 saturated heterocycles. The molecule has 29 heavy (non-hydrogen) atoms. The van der Waals surface area contributed by atoms with E-state index in [4.69, 9.17) is 9.47 Å². The fraction of sp³-hybridized carbons (Fsp3) is 0.440. The molecule has 154 valence electrons. The smallest absolute Gasteiger partial charge is 0.166 e. The van der Waals surface area contributed by atoms with E-state index in [1.807, 2.05) is 12.1 Å². The van der Waals surface area contributed by atoms with Gasteiger partial charge in [0.2, 0.25) is 0 Å². The van der Waals surface area contributed by atoms with Crippen LogP contribution in [0.4, 0.5) is 0 Å². The molecule has 2 fully saturated rings. The Kier molecular flexibility index (Phi) is 5.66. The van der Waals surface area contributed by atoms with Crippen LogP contribution in [0.3, 0.4) is 0 Å². The van der Waals surface area contributed by atoms with Crippen molar-refractivity contribution in [2.75, 3.05) is 13.7 Å². The lowest BCUT2D eigenvalue weighted by molar-refractivity contribution is -0.0596. The number of fused-ring (bicyclic) bond motifs is 2. The Morgan fingerprint density at radius 2 is 1.83 bits per heavy atom. The van der Waals surface area contributed by atoms with Crippen LogP contribution < -0.4 is 9.47 Å². The fourth-order valence-electron chi connectivity index (χ4n) is 5.02. The van der Waals surface area contributed by atoms with E-state index in [2.05, 4.69) is 48.7 Å². The predicted octanol–water partition coefficient (Wildman–Crippen LogP) is 4.58. The number of piperidine rings is 1. The average Bonchev–Trinajstić information content (AvgIpc) is 2.96. The molecule has 0 aliphatic carbocycles. The monoisotopic (exact) mass is 393 g/mol. The van der Waals surface area contributed by atoms with E-state index in [1.54, 1.807) is 13.2 Å². The fourth-order valence-corrected chi connectivity index (χ4v) is 5.02. The van der Waals surface area contributed by atoms with Gasteiger partial charge in [-0.2, -0.15) is 0 Å². The molecule has 0 saturated carbocycles. The van der Waals surface area contributed by atoms with Crippen LogP contribution in [0.5, 0.6) is 11.5 Å². The van der Waals surface area contributed by atoms with E-state index in [9.17, 15) is 5.11 Å². The largest absolute Gasteiger partial charge is 0.493 e. The van der Waals surface area contributed by atoms with E-state index in [0.717, 1.165) is 54.9 Å². The highest BCUT2D eigenvalue weighted by molar-refractivity contribution is 5.47. The number of aryl methyl sites for hydroxylation is 1. The van der Waals surface area contributed by atoms with E-state index < -0.39 is 5.60 Å². The molecule has 0 unspecified atom stereocenters. The van der Waals surface area contributed by atoms with Crippen LogP contribution in [0.1, 0.15) is 42.4 Å². The van der Waals surface area contributed by atoms with E-state index >= 15 is 0 Å². The maximum absolute atomic E-state index is 11.5. The number of rotatable bonds is 7. The molecule has 0 spiro atoms. The zero-order valence-electron chi connectivity index (χ0n) is 17.4. The van der Waals surface area contributed by atoms with Crippen molar-refractivity contribution in [1.82, 2.24) is 4.90 Å². The van der Waals surface area contributed by atoms with Crippen LogP contribution in [-0.2, 0) is 12.1 Å². The summed E-state index contributed by atoms with van der Waals surface area (Å²) in [4.78, 5) is 2.55. The van der Waals surface area contributed by atoms with Crippen molar-refractivity contribution in [1.29, 1.82) is 0 Å². The summed E-state index contributed by atoms with van der Waals surface area (Å²) in [7, 11) is 1.67. The molecule has 2 heterocycles. The van der Waals surface area contributed by atoms with Gasteiger partial charge in [0.1, 0.15) is 6.61 Å². The Hall–Kier alpha value is -2.30. The highest BCUT2D eigenvalue weighted by atomic mass is 16.5. The zero-order chi connectivity index (χ0) is 20.4. The molecule has 2 aliphatic heterocycles. The van der Waals surface area contributed by atoms with Gasteiger partial charge in [0.25, 0.3) is 0 Å². The summed E-state index contributed by atoms with van der Waals surface area (Å²) in [6.07, 6.45) is 5.57. The van der Waals surface area contributed by atoms with Gasteiger partial charge in [-0.15, -0.1) is 0 Å². The van der Waals surface area contributed by atoms with Crippen molar-refractivity contribution >= 4 is 0 Å². The minimum Gasteiger partial charge on any atom is -0.493 e. The molecule has 4 heteroatoms. The maximum atomic E-state index is 11.5. The summed E-state index contributed by atoms with van der Waals surface area (Å²) < 4.78 is 11.5. The molecular formula is C25H31NO3. The first kappa shape index (κ1) is 20.0. The summed E-state index contributed by atoms with van der Waals surface area (Å²) in [5.74, 6) is 1.55. The van der Waals surface area contributed by atoms with Gasteiger partial charge in [-0.25, -0.2) is 0 Å². The van der Waals surface area contributed by atoms with Crippen LogP contribution in [0.15, 0.2) is 55.1 Å². The summed E-state index contributed by atoms with van der Waals surface area (Å²) in [6.45, 7) is 7.10. The molecule has 2 aliphatic rings. The maximum Gasteiger partial charge on any atom is 0.166 e. The topological polar surface area (TPSA) is 41.9 Å². The third kappa shape index (κ3) is 3.92. The lowest BCUT2D eigenvalue weighted by Gasteiger charge is -2.44. The summed E-state index contributed by atoms with van der Waals surface area (Å²) in [6, 6.07) is 15.2. The second-order valence-electron chi connectivity index (χ2n) is 8.41. The second-order valence-corrected chi connectivity index (χ2v) is 8.41. The number of ether oxygens (including phenoxy) is 2. The van der Waals surface area contributed by atoms with E-state index in [0.29, 0.717) is 18.7 Å². The van der Waals surface area contributed by atoms with Gasteiger partial charge in [-0.05, 0) is 44.2 Å². The first-order valence-electron chi connectivity index (χ1n) is 10.5. The van der Waals surface area contributed by atoms with Gasteiger partial charge in [0.05, 0.1) is 12.7 Å². The number of nitrogens with zero attached hydrogens (tertiary/aromatic N) is 1. The summed E-state index contributed by atoms with van der Waals surface area (Å²) >= 11 is 0. The van der Waals surface area contributed by atoms with Crippen LogP contribution in [0.2, 0.25) is 0 Å². The Labute approximate surface area is 173 Å². The minimum absolute atomic E-state index is 0.374. The number of hydrogen-bond acceptors (Lipinski definition) is 4.